The van der Waals surface area contributed by atoms with Gasteiger partial charge in [-0.05, 0) is 51.7 Å². The first kappa shape index (κ1) is 29.1. The summed E-state index contributed by atoms with van der Waals surface area (Å²) in [5.74, 6) is -6.40. The summed E-state index contributed by atoms with van der Waals surface area (Å²) in [6.07, 6.45) is -0.588. The lowest BCUT2D eigenvalue weighted by atomic mass is 9.54. The van der Waals surface area contributed by atoms with E-state index in [1.54, 1.807) is 51.8 Å². The molecule has 0 aromatic heterocycles. The summed E-state index contributed by atoms with van der Waals surface area (Å²) in [5, 5.41) is 45.6. The number of aliphatic hydroxyl groups excluding tert-OH is 2. The third-order valence-electron chi connectivity index (χ3n) is 7.84. The molecule has 1 fully saturated rings. The first-order valence-corrected chi connectivity index (χ1v) is 14.2. The highest BCUT2D eigenvalue weighted by Crippen LogP contribution is 2.57. The van der Waals surface area contributed by atoms with Gasteiger partial charge in [0.05, 0.1) is 29.7 Å². The first-order valence-electron chi connectivity index (χ1n) is 13.0. The highest BCUT2D eigenvalue weighted by atomic mass is 32.2. The molecule has 0 saturated heterocycles. The molecule has 6 unspecified atom stereocenters. The second-order valence-electron chi connectivity index (χ2n) is 10.8. The van der Waals surface area contributed by atoms with Crippen LogP contribution in [-0.2, 0) is 19.1 Å². The predicted octanol–water partition coefficient (Wildman–Crippen LogP) is 2.05. The molecule has 4 rings (SSSR count). The van der Waals surface area contributed by atoms with Gasteiger partial charge in [-0.1, -0.05) is 19.1 Å². The number of ketones is 2. The summed E-state index contributed by atoms with van der Waals surface area (Å²) in [5.41, 5.74) is 2.23. The monoisotopic (exact) mass is 560 g/mol. The van der Waals surface area contributed by atoms with E-state index in [1.165, 1.54) is 11.0 Å². The number of aromatic hydroxyl groups is 1. The van der Waals surface area contributed by atoms with E-state index >= 15 is 0 Å². The van der Waals surface area contributed by atoms with E-state index in [4.69, 9.17) is 10.5 Å². The summed E-state index contributed by atoms with van der Waals surface area (Å²) in [6.45, 7) is 5.57. The number of hydrogen-bond donors (Lipinski definition) is 5. The molecule has 10 nitrogen and oxygen atoms in total. The van der Waals surface area contributed by atoms with E-state index in [2.05, 4.69) is 0 Å². The number of phenolic OH excluding ortho intramolecular Hbond substituents is 1. The van der Waals surface area contributed by atoms with Gasteiger partial charge < -0.3 is 30.9 Å². The molecule has 1 saturated carbocycles. The lowest BCUT2D eigenvalue weighted by Crippen LogP contribution is -2.71. The van der Waals surface area contributed by atoms with E-state index < -0.39 is 76.2 Å². The molecule has 0 radical (unpaired) electrons. The van der Waals surface area contributed by atoms with E-state index in [9.17, 15) is 34.8 Å². The first-order chi connectivity index (χ1) is 18.3. The lowest BCUT2D eigenvalue weighted by Gasteiger charge is -2.55. The maximum atomic E-state index is 14.3. The van der Waals surface area contributed by atoms with Crippen LogP contribution in [0.1, 0.15) is 44.2 Å². The van der Waals surface area contributed by atoms with Gasteiger partial charge in [0.1, 0.15) is 22.8 Å². The van der Waals surface area contributed by atoms with Crippen LogP contribution in [0.5, 0.6) is 5.75 Å². The van der Waals surface area contributed by atoms with Gasteiger partial charge in [0.2, 0.25) is 5.78 Å². The Morgan fingerprint density at radius 3 is 2.44 bits per heavy atom. The summed E-state index contributed by atoms with van der Waals surface area (Å²) in [4.78, 5) is 41.7. The molecule has 0 heterocycles. The summed E-state index contributed by atoms with van der Waals surface area (Å²) >= 11 is 1.64. The van der Waals surface area contributed by atoms with Crippen molar-refractivity contribution in [3.8, 4) is 5.75 Å². The summed E-state index contributed by atoms with van der Waals surface area (Å²) < 4.78 is 6.39. The number of amides is 1. The van der Waals surface area contributed by atoms with Crippen LogP contribution < -0.4 is 5.73 Å². The average molecular weight is 561 g/mol. The quantitative estimate of drug-likeness (QED) is 0.234. The highest BCUT2D eigenvalue weighted by Gasteiger charge is 2.69. The number of benzene rings is 1. The number of rotatable bonds is 8. The number of fused-ring (bicyclic) bond motifs is 3. The van der Waals surface area contributed by atoms with Crippen LogP contribution in [0.4, 0.5) is 0 Å². The molecular weight excluding hydrogens is 524 g/mol. The lowest BCUT2D eigenvalue weighted by molar-refractivity contribution is -0.181. The molecular formula is C28H36N2O8S. The Kier molecular flexibility index (Phi) is 7.92. The normalized spacial score (nSPS) is 30.5. The number of carbonyl (C=O) groups excluding carboxylic acids is 3. The van der Waals surface area contributed by atoms with Crippen LogP contribution in [0.15, 0.2) is 35.1 Å². The number of Topliss-reactive ketones (excluding diaryl/α,β-unsaturated/α-hetero) is 2. The fourth-order valence-electron chi connectivity index (χ4n) is 6.40. The molecule has 39 heavy (non-hydrogen) atoms. The van der Waals surface area contributed by atoms with Gasteiger partial charge >= 0.3 is 0 Å². The van der Waals surface area contributed by atoms with E-state index in [0.29, 0.717) is 11.3 Å². The van der Waals surface area contributed by atoms with Crippen molar-refractivity contribution in [2.75, 3.05) is 25.6 Å². The molecule has 0 spiro atoms. The number of likely N-dealkylation sites (N-methyl/N-ethyl adjacent to an activating group) is 1. The van der Waals surface area contributed by atoms with Crippen LogP contribution in [0.2, 0.25) is 0 Å². The Hall–Kier alpha value is -2.86. The van der Waals surface area contributed by atoms with E-state index in [-0.39, 0.29) is 16.9 Å². The number of primary amides is 1. The van der Waals surface area contributed by atoms with Gasteiger partial charge in [-0.2, -0.15) is 11.8 Å². The average Bonchev–Trinajstić information content (AvgIpc) is 2.84. The molecule has 11 heteroatoms. The molecule has 1 aromatic carbocycles. The van der Waals surface area contributed by atoms with Crippen LogP contribution in [0, 0.1) is 11.8 Å². The Morgan fingerprint density at radius 2 is 1.87 bits per heavy atom. The Bertz CT molecular complexity index is 1270. The zero-order valence-corrected chi connectivity index (χ0v) is 23.5. The molecule has 6 N–H and O–H groups in total. The zero-order valence-electron chi connectivity index (χ0n) is 22.7. The van der Waals surface area contributed by atoms with E-state index in [1.807, 2.05) is 6.92 Å². The minimum Gasteiger partial charge on any atom is -0.508 e. The van der Waals surface area contributed by atoms with Crippen LogP contribution >= 0.6 is 11.8 Å². The fourth-order valence-corrected chi connectivity index (χ4v) is 7.50. The van der Waals surface area contributed by atoms with Crippen LogP contribution in [-0.4, -0.2) is 92.3 Å². The Morgan fingerprint density at radius 1 is 1.21 bits per heavy atom. The van der Waals surface area contributed by atoms with Gasteiger partial charge in [0, 0.05) is 23.2 Å². The molecule has 6 atom stereocenters. The summed E-state index contributed by atoms with van der Waals surface area (Å²) in [6, 6.07) is 3.57. The molecule has 0 aliphatic heterocycles. The van der Waals surface area contributed by atoms with Crippen molar-refractivity contribution in [2.45, 2.75) is 57.0 Å². The van der Waals surface area contributed by atoms with E-state index in [0.717, 1.165) is 12.2 Å². The third kappa shape index (κ3) is 4.35. The van der Waals surface area contributed by atoms with Gasteiger partial charge in [-0.3, -0.25) is 19.3 Å². The van der Waals surface area contributed by atoms with Gasteiger partial charge in [0.15, 0.2) is 11.4 Å². The number of aliphatic hydroxyl groups is 3. The number of ether oxygens (including phenoxy) is 1. The fraction of sp³-hybridized carbons (Fsp3) is 0.536. The van der Waals surface area contributed by atoms with Crippen molar-refractivity contribution in [1.29, 1.82) is 0 Å². The number of hydrogen-bond acceptors (Lipinski definition) is 10. The van der Waals surface area contributed by atoms with Gasteiger partial charge in [0.25, 0.3) is 5.91 Å². The van der Waals surface area contributed by atoms with Crippen molar-refractivity contribution in [1.82, 2.24) is 4.90 Å². The topological polar surface area (TPSA) is 171 Å². The Labute approximate surface area is 231 Å². The molecule has 0 bridgehead atoms. The number of thioether (sulfide) groups is 1. The predicted molar refractivity (Wildman–Crippen MR) is 146 cm³/mol. The molecule has 212 valence electrons. The minimum absolute atomic E-state index is 0.0687. The maximum absolute atomic E-state index is 14.3. The largest absolute Gasteiger partial charge is 0.508 e. The van der Waals surface area contributed by atoms with Crippen LogP contribution in [0.25, 0.3) is 5.76 Å². The number of nitrogens with zero attached hydrogens (tertiary/aromatic N) is 1. The molecule has 3 aliphatic rings. The van der Waals surface area contributed by atoms with Gasteiger partial charge in [-0.25, -0.2) is 0 Å². The molecule has 1 aromatic rings. The second-order valence-corrected chi connectivity index (χ2v) is 12.0. The van der Waals surface area contributed by atoms with Crippen molar-refractivity contribution >= 4 is 35.0 Å². The SMILES string of the molecule is CCCSCC1c2cccc(O)c2C(O)=C2C(=O)C3(O)C(O)=C(C(N)=O)C(=O)C(N(C)C)C3C(OC(C)C)C21. The highest BCUT2D eigenvalue weighted by molar-refractivity contribution is 7.99. The van der Waals surface area contributed by atoms with Crippen molar-refractivity contribution < 1.29 is 39.5 Å². The van der Waals surface area contributed by atoms with Crippen molar-refractivity contribution in [2.24, 2.45) is 17.6 Å². The van der Waals surface area contributed by atoms with Crippen molar-refractivity contribution in [3.05, 3.63) is 46.2 Å². The third-order valence-corrected chi connectivity index (χ3v) is 9.14. The number of nitrogens with two attached hydrogens (primary N) is 1. The summed E-state index contributed by atoms with van der Waals surface area (Å²) in [7, 11) is 3.12. The van der Waals surface area contributed by atoms with Crippen LogP contribution in [0.3, 0.4) is 0 Å². The smallest absolute Gasteiger partial charge is 0.255 e. The number of carbonyl (C=O) groups is 3. The Balaban J connectivity index is 2.09. The van der Waals surface area contributed by atoms with Crippen molar-refractivity contribution in [3.63, 3.8) is 0 Å². The zero-order chi connectivity index (χ0) is 29.0. The maximum Gasteiger partial charge on any atom is 0.255 e. The second kappa shape index (κ2) is 10.6. The minimum atomic E-state index is -2.80. The van der Waals surface area contributed by atoms with Gasteiger partial charge in [-0.15, -0.1) is 0 Å². The molecule has 1 amide bonds. The molecule has 3 aliphatic carbocycles. The number of phenols is 1. The standard InChI is InChI=1S/C28H36N2O8S/c1-6-10-39-11-14-13-8-7-9-15(31)16(13)22(32)18-17(14)24(38-12(2)3)20-21(30(4)5)23(33)19(27(29)36)26(35)28(20,37)25(18)34/h7-9,12,14,17,20-21,24,31-32,35,37H,6,10-11H2,1-5H3,(H2,29,36).